The highest BCUT2D eigenvalue weighted by atomic mass is 16.5. The van der Waals surface area contributed by atoms with Gasteiger partial charge in [0, 0.05) is 22.4 Å². The Balaban J connectivity index is 1.25. The van der Waals surface area contributed by atoms with Gasteiger partial charge in [0.15, 0.2) is 11.7 Å². The lowest BCUT2D eigenvalue weighted by atomic mass is 9.84. The number of nitrogens with zero attached hydrogens (tertiary/aromatic N) is 5. The third kappa shape index (κ3) is 2.49. The van der Waals surface area contributed by atoms with Gasteiger partial charge in [0.1, 0.15) is 33.8 Å². The van der Waals surface area contributed by atoms with Crippen molar-refractivity contribution in [2.45, 2.75) is 5.66 Å². The molecule has 6 heteroatoms. The van der Waals surface area contributed by atoms with Crippen LogP contribution in [0.4, 0.5) is 0 Å². The molecule has 1 spiro atoms. The largest absolute Gasteiger partial charge is 0.456 e. The van der Waals surface area contributed by atoms with E-state index in [1.807, 2.05) is 6.07 Å². The van der Waals surface area contributed by atoms with Crippen LogP contribution in [0.25, 0.3) is 55.7 Å². The van der Waals surface area contributed by atoms with Gasteiger partial charge < -0.3 is 4.74 Å². The topological polar surface area (TPSA) is 39.7 Å². The van der Waals surface area contributed by atoms with E-state index in [1.54, 1.807) is 0 Å². The Labute approximate surface area is 251 Å². The van der Waals surface area contributed by atoms with E-state index < -0.39 is 5.66 Å². The van der Waals surface area contributed by atoms with E-state index in [-0.39, 0.29) is 0 Å². The summed E-state index contributed by atoms with van der Waals surface area (Å²) in [6.07, 6.45) is 4.41. The Morgan fingerprint density at radius 2 is 1.39 bits per heavy atom. The second-order valence-corrected chi connectivity index (χ2v) is 11.7. The van der Waals surface area contributed by atoms with Crippen molar-refractivity contribution in [2.24, 2.45) is 0 Å². The molecule has 6 heterocycles. The predicted molar refractivity (Wildman–Crippen MR) is 167 cm³/mol. The predicted octanol–water partition coefficient (Wildman–Crippen LogP) is 6.91. The Morgan fingerprint density at radius 3 is 2.30 bits per heavy atom. The number of ether oxygens (including phenoxy) is 1. The summed E-state index contributed by atoms with van der Waals surface area (Å²) in [5.74, 6) is 2.82. The highest BCUT2D eigenvalue weighted by Gasteiger charge is 2.66. The number of benzene rings is 5. The lowest BCUT2D eigenvalue weighted by Crippen LogP contribution is -2.76. The molecule has 0 bridgehead atoms. The average Bonchev–Trinajstić information content (AvgIpc) is 3.75. The van der Waals surface area contributed by atoms with E-state index in [1.165, 1.54) is 32.9 Å². The smallest absolute Gasteiger partial charge is 0.337 e. The van der Waals surface area contributed by atoms with Gasteiger partial charge in [0.05, 0.1) is 11.3 Å². The van der Waals surface area contributed by atoms with E-state index in [9.17, 15) is 0 Å². The van der Waals surface area contributed by atoms with E-state index in [0.29, 0.717) is 0 Å². The van der Waals surface area contributed by atoms with Crippen molar-refractivity contribution < 1.29 is 14.0 Å². The minimum Gasteiger partial charge on any atom is -0.456 e. The Bertz CT molecular complexity index is 2530. The third-order valence-electron chi connectivity index (χ3n) is 9.62. The number of para-hydroxylation sites is 1. The van der Waals surface area contributed by atoms with Crippen LogP contribution in [0, 0.1) is 0 Å². The molecule has 3 aliphatic rings. The van der Waals surface area contributed by atoms with Crippen LogP contribution in [-0.2, 0) is 5.66 Å². The molecule has 8 aromatic rings. The van der Waals surface area contributed by atoms with Gasteiger partial charge in [-0.1, -0.05) is 71.4 Å². The molecule has 0 aliphatic carbocycles. The van der Waals surface area contributed by atoms with Crippen molar-refractivity contribution >= 4 is 21.8 Å². The minimum atomic E-state index is -0.727. The zero-order valence-corrected chi connectivity index (χ0v) is 23.4. The molecule has 6 nitrogen and oxygen atoms in total. The fourth-order valence-corrected chi connectivity index (χ4v) is 7.88. The lowest BCUT2D eigenvalue weighted by molar-refractivity contribution is -0.995. The standard InChI is InChI=1S/C38H23N5O/c1-2-9-24(10-3-1)25-16-18-26(19-17-25)29-23-41-38-35-31(43(41)39-29)13-8-14-32(35)44-33-21-20-28-27-11-4-5-12-30(27)42(37(28)36(33)38)34-15-6-7-22-40(34)38/h1-23H/q+2. The van der Waals surface area contributed by atoms with Crippen molar-refractivity contribution in [3.05, 3.63) is 151 Å². The molecular weight excluding hydrogens is 542 g/mol. The van der Waals surface area contributed by atoms with Gasteiger partial charge in [0.2, 0.25) is 5.69 Å². The Kier molecular flexibility index (Phi) is 3.94. The highest BCUT2D eigenvalue weighted by molar-refractivity contribution is 6.11. The molecule has 0 radical (unpaired) electrons. The molecule has 1 atom stereocenters. The highest BCUT2D eigenvalue weighted by Crippen LogP contribution is 2.54. The van der Waals surface area contributed by atoms with Gasteiger partial charge >= 0.3 is 5.66 Å². The van der Waals surface area contributed by atoms with Gasteiger partial charge in [-0.3, -0.25) is 0 Å². The molecule has 0 saturated carbocycles. The van der Waals surface area contributed by atoms with Crippen molar-refractivity contribution in [2.75, 3.05) is 0 Å². The van der Waals surface area contributed by atoms with E-state index in [0.717, 1.165) is 45.4 Å². The average molecular weight is 566 g/mol. The van der Waals surface area contributed by atoms with Crippen LogP contribution in [0.1, 0.15) is 11.1 Å². The van der Waals surface area contributed by atoms with Crippen LogP contribution >= 0.6 is 0 Å². The van der Waals surface area contributed by atoms with Crippen LogP contribution in [0.15, 0.2) is 140 Å². The van der Waals surface area contributed by atoms with Crippen LogP contribution in [0.3, 0.4) is 0 Å². The summed E-state index contributed by atoms with van der Waals surface area (Å²) in [6, 6.07) is 45.0. The van der Waals surface area contributed by atoms with Crippen LogP contribution in [0.5, 0.6) is 11.5 Å². The molecular formula is C38H23N5O+2. The van der Waals surface area contributed by atoms with E-state index in [2.05, 4.69) is 152 Å². The quantitative estimate of drug-likeness (QED) is 0.214. The number of hydrogen-bond donors (Lipinski definition) is 0. The van der Waals surface area contributed by atoms with E-state index >= 15 is 0 Å². The van der Waals surface area contributed by atoms with E-state index in [4.69, 9.17) is 9.84 Å². The molecule has 11 rings (SSSR count). The summed E-state index contributed by atoms with van der Waals surface area (Å²) in [7, 11) is 0. The molecule has 1 unspecified atom stereocenters. The fraction of sp³-hybridized carbons (Fsp3) is 0.0263. The number of pyridine rings is 1. The SMILES string of the molecule is c1ccc(-c2ccc(-c3c[n+]4n(n3)-c3cccc5c3C43c4c(ccc6c7ccccc7n(c46)-c4cccc[n+]43)O5)cc2)cc1. The normalized spacial score (nSPS) is 16.5. The van der Waals surface area contributed by atoms with Gasteiger partial charge in [0.25, 0.3) is 5.82 Å². The lowest BCUT2D eigenvalue weighted by Gasteiger charge is -2.34. The molecule has 0 fully saturated rings. The van der Waals surface area contributed by atoms with Gasteiger partial charge in [-0.25, -0.2) is 0 Å². The zero-order valence-electron chi connectivity index (χ0n) is 23.4. The Hall–Kier alpha value is -6.01. The van der Waals surface area contributed by atoms with Gasteiger partial charge in [-0.2, -0.15) is 9.13 Å². The van der Waals surface area contributed by atoms with Crippen molar-refractivity contribution in [1.82, 2.24) is 14.5 Å². The second-order valence-electron chi connectivity index (χ2n) is 11.7. The van der Waals surface area contributed by atoms with Gasteiger partial charge in [-0.05, 0) is 70.5 Å². The van der Waals surface area contributed by atoms with Crippen LogP contribution in [0.2, 0.25) is 0 Å². The molecule has 5 aromatic carbocycles. The first-order chi connectivity index (χ1) is 21.8. The molecule has 204 valence electrons. The summed E-state index contributed by atoms with van der Waals surface area (Å²) in [6.45, 7) is 0. The van der Waals surface area contributed by atoms with Crippen LogP contribution < -0.4 is 14.0 Å². The van der Waals surface area contributed by atoms with Gasteiger partial charge in [-0.15, -0.1) is 0 Å². The summed E-state index contributed by atoms with van der Waals surface area (Å²) < 4.78 is 13.8. The van der Waals surface area contributed by atoms with Crippen molar-refractivity contribution in [3.63, 3.8) is 0 Å². The zero-order chi connectivity index (χ0) is 28.6. The molecule has 3 aliphatic heterocycles. The van der Waals surface area contributed by atoms with Crippen LogP contribution in [-0.4, -0.2) is 14.5 Å². The number of aromatic nitrogens is 5. The van der Waals surface area contributed by atoms with Crippen molar-refractivity contribution in [3.8, 4) is 45.4 Å². The fourth-order valence-electron chi connectivity index (χ4n) is 7.88. The Morgan fingerprint density at radius 1 is 0.614 bits per heavy atom. The first-order valence-electron chi connectivity index (χ1n) is 14.9. The first-order valence-corrected chi connectivity index (χ1v) is 14.9. The summed E-state index contributed by atoms with van der Waals surface area (Å²) in [5.41, 5.74) is 9.26. The molecule has 0 amide bonds. The monoisotopic (exact) mass is 565 g/mol. The molecule has 3 aromatic heterocycles. The minimum absolute atomic E-state index is 0.727. The molecule has 0 N–H and O–H groups in total. The molecule has 44 heavy (non-hydrogen) atoms. The molecule has 0 saturated heterocycles. The second kappa shape index (κ2) is 7.68. The maximum absolute atomic E-state index is 6.73. The number of fused-ring (bicyclic) bond motifs is 7. The maximum Gasteiger partial charge on any atom is 0.337 e. The summed E-state index contributed by atoms with van der Waals surface area (Å²) >= 11 is 0. The maximum atomic E-state index is 6.73. The number of hydrogen-bond acceptors (Lipinski definition) is 2. The first kappa shape index (κ1) is 22.6. The summed E-state index contributed by atoms with van der Waals surface area (Å²) in [4.78, 5) is 2.07. The van der Waals surface area contributed by atoms with Crippen molar-refractivity contribution in [1.29, 1.82) is 0 Å². The summed E-state index contributed by atoms with van der Waals surface area (Å²) in [5, 5.41) is 7.70. The number of rotatable bonds is 2. The third-order valence-corrected chi connectivity index (χ3v) is 9.62.